The Balaban J connectivity index is 1.08. The number of amides is 3. The van der Waals surface area contributed by atoms with Crippen LogP contribution in [0.4, 0.5) is 33.9 Å². The van der Waals surface area contributed by atoms with E-state index in [9.17, 15) is 27.2 Å². The Morgan fingerprint density at radius 1 is 1.13 bits per heavy atom. The normalized spacial score (nSPS) is 20.8. The van der Waals surface area contributed by atoms with Crippen LogP contribution in [0.25, 0.3) is 0 Å². The zero-order valence-electron chi connectivity index (χ0n) is 19.4. The van der Waals surface area contributed by atoms with Crippen LogP contribution in [0.15, 0.2) is 48.7 Å². The summed E-state index contributed by atoms with van der Waals surface area (Å²) >= 11 is 0. The number of halogens is 4. The number of hydrogen-bond acceptors (Lipinski definition) is 6. The number of nitrogens with zero attached hydrogens (tertiary/aromatic N) is 1. The molecule has 3 heterocycles. The van der Waals surface area contributed by atoms with Crippen molar-refractivity contribution >= 4 is 23.4 Å². The highest BCUT2D eigenvalue weighted by atomic mass is 19.4. The number of hydrogen-bond donors (Lipinski definition) is 4. The molecule has 9 nitrogen and oxygen atoms in total. The molecule has 3 amide bonds. The van der Waals surface area contributed by atoms with Gasteiger partial charge >= 0.3 is 12.2 Å². The molecule has 1 aliphatic carbocycles. The lowest BCUT2D eigenvalue weighted by atomic mass is 10.1. The largest absolute Gasteiger partial charge is 0.488 e. The van der Waals surface area contributed by atoms with Crippen LogP contribution in [-0.4, -0.2) is 29.1 Å². The molecule has 196 valence electrons. The van der Waals surface area contributed by atoms with Crippen molar-refractivity contribution in [2.75, 3.05) is 10.6 Å². The van der Waals surface area contributed by atoms with Crippen LogP contribution in [0.5, 0.6) is 17.2 Å². The fraction of sp³-hybridized carbons (Fsp3) is 0.240. The number of urea groups is 1. The molecule has 0 saturated heterocycles. The molecule has 13 heteroatoms. The minimum atomic E-state index is -4.89. The minimum absolute atomic E-state index is 0.0813. The van der Waals surface area contributed by atoms with Crippen LogP contribution in [0.3, 0.4) is 0 Å². The van der Waals surface area contributed by atoms with E-state index in [1.54, 1.807) is 24.4 Å². The van der Waals surface area contributed by atoms with Gasteiger partial charge in [0.2, 0.25) is 5.91 Å². The zero-order chi connectivity index (χ0) is 26.6. The van der Waals surface area contributed by atoms with Gasteiger partial charge in [-0.2, -0.15) is 13.2 Å². The van der Waals surface area contributed by atoms with Gasteiger partial charge in [-0.25, -0.2) is 19.6 Å². The van der Waals surface area contributed by atoms with Gasteiger partial charge in [0.15, 0.2) is 0 Å². The second-order valence-electron chi connectivity index (χ2n) is 9.04. The molecular formula is C25H19F4N5O4. The van der Waals surface area contributed by atoms with E-state index in [1.807, 2.05) is 6.07 Å². The predicted molar refractivity (Wildman–Crippen MR) is 125 cm³/mol. The molecule has 0 bridgehead atoms. The van der Waals surface area contributed by atoms with E-state index in [0.29, 0.717) is 48.0 Å². The first-order chi connectivity index (χ1) is 18.2. The van der Waals surface area contributed by atoms with Gasteiger partial charge in [0, 0.05) is 35.3 Å². The molecule has 0 spiro atoms. The van der Waals surface area contributed by atoms with E-state index < -0.39 is 23.6 Å². The van der Waals surface area contributed by atoms with E-state index in [1.165, 1.54) is 0 Å². The number of pyridine rings is 1. The number of alkyl halides is 3. The lowest BCUT2D eigenvalue weighted by molar-refractivity contribution is -0.139. The molecule has 38 heavy (non-hydrogen) atoms. The van der Waals surface area contributed by atoms with Gasteiger partial charge in [0.05, 0.1) is 11.6 Å². The van der Waals surface area contributed by atoms with Gasteiger partial charge in [-0.3, -0.25) is 10.2 Å². The second-order valence-corrected chi connectivity index (χ2v) is 9.04. The number of hydrazine groups is 1. The number of nitrogens with one attached hydrogen (secondary N) is 4. The van der Waals surface area contributed by atoms with Crippen molar-refractivity contribution in [3.05, 3.63) is 71.2 Å². The number of aromatic nitrogens is 1. The molecule has 3 atom stereocenters. The highest BCUT2D eigenvalue weighted by molar-refractivity contribution is 5.93. The first kappa shape index (κ1) is 24.0. The molecule has 1 saturated carbocycles. The number of ether oxygens (including phenoxy) is 2. The lowest BCUT2D eigenvalue weighted by Crippen LogP contribution is -2.43. The first-order valence-corrected chi connectivity index (χ1v) is 11.6. The average molecular weight is 529 g/mol. The number of fused-ring (bicyclic) bond motifs is 4. The van der Waals surface area contributed by atoms with E-state index in [-0.39, 0.29) is 29.7 Å². The molecule has 3 aliphatic rings. The lowest BCUT2D eigenvalue weighted by Gasteiger charge is -2.19. The Morgan fingerprint density at radius 3 is 2.79 bits per heavy atom. The van der Waals surface area contributed by atoms with Gasteiger partial charge in [-0.15, -0.1) is 0 Å². The number of carbonyl (C=O) groups is 2. The summed E-state index contributed by atoms with van der Waals surface area (Å²) in [6.45, 7) is 0. The average Bonchev–Trinajstić information content (AvgIpc) is 3.42. The fourth-order valence-corrected chi connectivity index (χ4v) is 4.69. The van der Waals surface area contributed by atoms with Crippen molar-refractivity contribution < 1.29 is 36.6 Å². The molecule has 0 unspecified atom stereocenters. The SMILES string of the molecule is O=C1CCc2c(Oc3ccc4c(c3)[C@H]3[C@H](NNC(=O)Nc5ccc(F)c(C(F)(F)F)c5)[C@H]3O4)ccnc2N1. The van der Waals surface area contributed by atoms with Crippen molar-refractivity contribution in [3.8, 4) is 17.2 Å². The number of rotatable bonds is 5. The van der Waals surface area contributed by atoms with Crippen molar-refractivity contribution in [3.63, 3.8) is 0 Å². The quantitative estimate of drug-likeness (QED) is 0.287. The topological polar surface area (TPSA) is 114 Å². The summed E-state index contributed by atoms with van der Waals surface area (Å²) in [5, 5.41) is 4.98. The van der Waals surface area contributed by atoms with Crippen molar-refractivity contribution in [2.45, 2.75) is 37.1 Å². The van der Waals surface area contributed by atoms with Gasteiger partial charge in [0.25, 0.3) is 0 Å². The maximum absolute atomic E-state index is 13.5. The molecule has 1 aromatic heterocycles. The summed E-state index contributed by atoms with van der Waals surface area (Å²) < 4.78 is 64.1. The Morgan fingerprint density at radius 2 is 1.97 bits per heavy atom. The summed E-state index contributed by atoms with van der Waals surface area (Å²) in [6.07, 6.45) is -2.72. The van der Waals surface area contributed by atoms with Gasteiger partial charge in [-0.05, 0) is 48.9 Å². The Bertz CT molecular complexity index is 1460. The number of carbonyl (C=O) groups excluding carboxylic acids is 2. The molecule has 2 aromatic carbocycles. The van der Waals surface area contributed by atoms with Gasteiger partial charge in [0.1, 0.15) is 35.0 Å². The van der Waals surface area contributed by atoms with Crippen LogP contribution in [0, 0.1) is 5.82 Å². The first-order valence-electron chi connectivity index (χ1n) is 11.6. The monoisotopic (exact) mass is 529 g/mol. The van der Waals surface area contributed by atoms with Crippen molar-refractivity contribution in [2.24, 2.45) is 0 Å². The number of benzene rings is 2. The molecule has 6 rings (SSSR count). The van der Waals surface area contributed by atoms with E-state index >= 15 is 0 Å². The van der Waals surface area contributed by atoms with Crippen LogP contribution >= 0.6 is 0 Å². The van der Waals surface area contributed by atoms with Crippen LogP contribution in [-0.2, 0) is 17.4 Å². The van der Waals surface area contributed by atoms with Crippen LogP contribution < -0.4 is 31.0 Å². The Hall–Kier alpha value is -4.39. The maximum atomic E-state index is 13.5. The fourth-order valence-electron chi connectivity index (χ4n) is 4.69. The van der Waals surface area contributed by atoms with E-state index in [4.69, 9.17) is 9.47 Å². The van der Waals surface area contributed by atoms with Crippen molar-refractivity contribution in [1.82, 2.24) is 15.8 Å². The molecule has 0 radical (unpaired) electrons. The smallest absolute Gasteiger partial charge is 0.419 e. The van der Waals surface area contributed by atoms with E-state index in [2.05, 4.69) is 26.5 Å². The molecule has 2 aliphatic heterocycles. The zero-order valence-corrected chi connectivity index (χ0v) is 19.4. The third kappa shape index (κ3) is 4.45. The molecule has 1 fully saturated rings. The minimum Gasteiger partial charge on any atom is -0.488 e. The summed E-state index contributed by atoms with van der Waals surface area (Å²) in [7, 11) is 0. The molecular weight excluding hydrogens is 510 g/mol. The maximum Gasteiger partial charge on any atom is 0.419 e. The summed E-state index contributed by atoms with van der Waals surface area (Å²) in [5.74, 6) is 0.708. The highest BCUT2D eigenvalue weighted by Gasteiger charge is 2.59. The molecule has 3 aromatic rings. The van der Waals surface area contributed by atoms with Crippen LogP contribution in [0.2, 0.25) is 0 Å². The third-order valence-corrected chi connectivity index (χ3v) is 6.54. The van der Waals surface area contributed by atoms with Crippen molar-refractivity contribution in [1.29, 1.82) is 0 Å². The summed E-state index contributed by atoms with van der Waals surface area (Å²) in [5.41, 5.74) is 5.21. The molecule has 4 N–H and O–H groups in total. The third-order valence-electron chi connectivity index (χ3n) is 6.54. The Labute approximate surface area is 212 Å². The summed E-state index contributed by atoms with van der Waals surface area (Å²) in [4.78, 5) is 28.0. The van der Waals surface area contributed by atoms with E-state index in [0.717, 1.165) is 17.2 Å². The highest BCUT2D eigenvalue weighted by Crippen LogP contribution is 2.54. The summed E-state index contributed by atoms with van der Waals surface area (Å²) in [6, 6.07) is 8.23. The van der Waals surface area contributed by atoms with Gasteiger partial charge < -0.3 is 20.1 Å². The number of anilines is 2. The predicted octanol–water partition coefficient (Wildman–Crippen LogP) is 4.47. The Kier molecular flexibility index (Phi) is 5.60. The second kappa shape index (κ2) is 8.87. The van der Waals surface area contributed by atoms with Crippen LogP contribution in [0.1, 0.15) is 29.0 Å². The van der Waals surface area contributed by atoms with Gasteiger partial charge in [-0.1, -0.05) is 0 Å². The standard InChI is InChI=1S/C25H19F4N5O4/c26-16-4-1-11(9-15(16)25(27,28)29)31-24(36)34-33-21-20-14-10-12(2-5-17(14)38-22(20)21)37-18-7-8-30-23-13(18)3-6-19(35)32-23/h1-2,4-5,7-10,20-22,33H,3,6H2,(H,30,32,35)(H2,31,34,36)/t20-,21-,22-/m0/s1.